The van der Waals surface area contributed by atoms with E-state index in [0.717, 1.165) is 5.57 Å². The molecule has 0 aromatic heterocycles. The lowest BCUT2D eigenvalue weighted by molar-refractivity contribution is -0.331. The van der Waals surface area contributed by atoms with Gasteiger partial charge in [0, 0.05) is 11.3 Å². The Morgan fingerprint density at radius 3 is 2.37 bits per heavy atom. The molecule has 3 fully saturated rings. The lowest BCUT2D eigenvalue weighted by atomic mass is 9.42. The van der Waals surface area contributed by atoms with Crippen molar-refractivity contribution in [3.8, 4) is 0 Å². The van der Waals surface area contributed by atoms with Gasteiger partial charge in [0.05, 0.1) is 24.4 Å². The molecule has 27 heavy (non-hydrogen) atoms. The number of aliphatic hydroxyl groups is 6. The SMILES string of the molecule is C[C@H](O)[C@H]1CC[C@@]2(O)[C@]1(C)[C@H](O)[C@@H](O)[C@@H]1[C@@]3(C)CC[C@H](O)CC3=CC[C@]12O. The molecule has 0 aromatic rings. The van der Waals surface area contributed by atoms with Gasteiger partial charge in [-0.25, -0.2) is 0 Å². The average molecular weight is 382 g/mol. The van der Waals surface area contributed by atoms with Gasteiger partial charge in [-0.1, -0.05) is 25.5 Å². The van der Waals surface area contributed by atoms with Crippen LogP contribution in [0.5, 0.6) is 0 Å². The van der Waals surface area contributed by atoms with Crippen LogP contribution in [0, 0.1) is 22.7 Å². The molecule has 0 radical (unpaired) electrons. The third kappa shape index (κ3) is 2.12. The number of hydrogen-bond acceptors (Lipinski definition) is 6. The van der Waals surface area contributed by atoms with Gasteiger partial charge < -0.3 is 30.6 Å². The van der Waals surface area contributed by atoms with Crippen LogP contribution in [0.25, 0.3) is 0 Å². The number of fused-ring (bicyclic) bond motifs is 5. The van der Waals surface area contributed by atoms with Crippen molar-refractivity contribution in [2.45, 2.75) is 94.9 Å². The largest absolute Gasteiger partial charge is 0.393 e. The van der Waals surface area contributed by atoms with E-state index in [9.17, 15) is 30.6 Å². The van der Waals surface area contributed by atoms with Gasteiger partial charge in [0.15, 0.2) is 0 Å². The minimum absolute atomic E-state index is 0.178. The fraction of sp³-hybridized carbons (Fsp3) is 0.905. The van der Waals surface area contributed by atoms with Crippen LogP contribution in [0.15, 0.2) is 11.6 Å². The summed E-state index contributed by atoms with van der Waals surface area (Å²) in [6.45, 7) is 5.31. The van der Waals surface area contributed by atoms with E-state index >= 15 is 0 Å². The molecule has 0 spiro atoms. The van der Waals surface area contributed by atoms with Crippen molar-refractivity contribution >= 4 is 0 Å². The standard InChI is InChI=1S/C21H34O6/c1-11(22)14-6-9-21(27)19(14,3)17(25)15(24)16-18(2)7-5-13(23)10-12(18)4-8-20(16,21)26/h4,11,13-17,22-27H,5-10H2,1-3H3/t11-,13-,14+,15-,16+,17+,18-,19-,20-,21+/m0/s1. The van der Waals surface area contributed by atoms with Gasteiger partial charge in [0.2, 0.25) is 0 Å². The molecule has 6 nitrogen and oxygen atoms in total. The van der Waals surface area contributed by atoms with Crippen LogP contribution in [-0.2, 0) is 0 Å². The van der Waals surface area contributed by atoms with Gasteiger partial charge >= 0.3 is 0 Å². The quantitative estimate of drug-likeness (QED) is 0.367. The molecule has 0 heterocycles. The molecule has 4 rings (SSSR count). The van der Waals surface area contributed by atoms with Gasteiger partial charge in [-0.15, -0.1) is 0 Å². The maximum Gasteiger partial charge on any atom is 0.104 e. The van der Waals surface area contributed by atoms with Crippen LogP contribution in [-0.4, -0.2) is 66.3 Å². The van der Waals surface area contributed by atoms with Crippen LogP contribution < -0.4 is 0 Å². The van der Waals surface area contributed by atoms with E-state index in [2.05, 4.69) is 0 Å². The molecule has 0 aromatic carbocycles. The molecule has 0 amide bonds. The minimum Gasteiger partial charge on any atom is -0.393 e. The molecular weight excluding hydrogens is 348 g/mol. The van der Waals surface area contributed by atoms with Crippen LogP contribution in [0.3, 0.4) is 0 Å². The van der Waals surface area contributed by atoms with Crippen molar-refractivity contribution in [3.05, 3.63) is 11.6 Å². The Labute approximate surface area is 160 Å². The molecule has 0 saturated heterocycles. The molecular formula is C21H34O6. The van der Waals surface area contributed by atoms with Gasteiger partial charge in [-0.05, 0) is 56.8 Å². The van der Waals surface area contributed by atoms with Gasteiger partial charge in [0.1, 0.15) is 11.2 Å². The highest BCUT2D eigenvalue weighted by Crippen LogP contribution is 2.69. The van der Waals surface area contributed by atoms with E-state index in [1.54, 1.807) is 13.8 Å². The van der Waals surface area contributed by atoms with E-state index in [-0.39, 0.29) is 12.8 Å². The molecule has 6 heteroatoms. The summed E-state index contributed by atoms with van der Waals surface area (Å²) in [5.74, 6) is -1.14. The molecule has 154 valence electrons. The van der Waals surface area contributed by atoms with Crippen molar-refractivity contribution in [3.63, 3.8) is 0 Å². The Balaban J connectivity index is 1.88. The summed E-state index contributed by atoms with van der Waals surface area (Å²) in [6, 6.07) is 0. The van der Waals surface area contributed by atoms with Crippen molar-refractivity contribution in [1.29, 1.82) is 0 Å². The Morgan fingerprint density at radius 1 is 1.07 bits per heavy atom. The Hall–Kier alpha value is -0.500. The molecule has 6 N–H and O–H groups in total. The predicted molar refractivity (Wildman–Crippen MR) is 98.6 cm³/mol. The lowest BCUT2D eigenvalue weighted by Gasteiger charge is -2.67. The molecule has 0 unspecified atom stereocenters. The number of rotatable bonds is 1. The smallest absolute Gasteiger partial charge is 0.104 e. The third-order valence-corrected chi connectivity index (χ3v) is 9.10. The number of hydrogen-bond donors (Lipinski definition) is 6. The maximum atomic E-state index is 11.9. The zero-order valence-electron chi connectivity index (χ0n) is 16.5. The summed E-state index contributed by atoms with van der Waals surface area (Å²) in [7, 11) is 0. The summed E-state index contributed by atoms with van der Waals surface area (Å²) in [4.78, 5) is 0. The zero-order valence-corrected chi connectivity index (χ0v) is 16.5. The van der Waals surface area contributed by atoms with Gasteiger partial charge in [-0.2, -0.15) is 0 Å². The maximum absolute atomic E-state index is 11.9. The summed E-state index contributed by atoms with van der Waals surface area (Å²) in [5.41, 5.74) is -4.00. The molecule has 4 aliphatic carbocycles. The third-order valence-electron chi connectivity index (χ3n) is 9.10. The predicted octanol–water partition coefficient (Wildman–Crippen LogP) is 0.478. The highest BCUT2D eigenvalue weighted by atomic mass is 16.4. The van der Waals surface area contributed by atoms with E-state index in [0.29, 0.717) is 25.7 Å². The summed E-state index contributed by atoms with van der Waals surface area (Å²) < 4.78 is 0. The second-order valence-corrected chi connectivity index (χ2v) is 10.1. The minimum atomic E-state index is -1.61. The van der Waals surface area contributed by atoms with Gasteiger partial charge in [0.25, 0.3) is 0 Å². The summed E-state index contributed by atoms with van der Waals surface area (Å²) >= 11 is 0. The van der Waals surface area contributed by atoms with Crippen LogP contribution in [0.4, 0.5) is 0 Å². The Bertz CT molecular complexity index is 663. The van der Waals surface area contributed by atoms with Crippen molar-refractivity contribution in [2.75, 3.05) is 0 Å². The Kier molecular flexibility index (Phi) is 4.23. The normalized spacial score (nSPS) is 58.7. The van der Waals surface area contributed by atoms with Crippen molar-refractivity contribution < 1.29 is 30.6 Å². The van der Waals surface area contributed by atoms with Crippen molar-refractivity contribution in [2.24, 2.45) is 22.7 Å². The second kappa shape index (κ2) is 5.77. The molecule has 4 aliphatic rings. The zero-order chi connectivity index (χ0) is 20.0. The summed E-state index contributed by atoms with van der Waals surface area (Å²) in [5, 5.41) is 66.6. The number of aliphatic hydroxyl groups excluding tert-OH is 4. The highest BCUT2D eigenvalue weighted by molar-refractivity contribution is 5.35. The van der Waals surface area contributed by atoms with Crippen LogP contribution >= 0.6 is 0 Å². The van der Waals surface area contributed by atoms with Crippen molar-refractivity contribution in [1.82, 2.24) is 0 Å². The average Bonchev–Trinajstić information content (AvgIpc) is 2.88. The van der Waals surface area contributed by atoms with E-state index in [1.807, 2.05) is 13.0 Å². The first-order valence-corrected chi connectivity index (χ1v) is 10.3. The van der Waals surface area contributed by atoms with E-state index < -0.39 is 58.3 Å². The fourth-order valence-electron chi connectivity index (χ4n) is 7.57. The fourth-order valence-corrected chi connectivity index (χ4v) is 7.57. The molecule has 3 saturated carbocycles. The van der Waals surface area contributed by atoms with Gasteiger partial charge in [-0.3, -0.25) is 0 Å². The first-order valence-electron chi connectivity index (χ1n) is 10.3. The summed E-state index contributed by atoms with van der Waals surface area (Å²) in [6.07, 6.45) is 0.849. The second-order valence-electron chi connectivity index (χ2n) is 10.1. The topological polar surface area (TPSA) is 121 Å². The Morgan fingerprint density at radius 2 is 1.74 bits per heavy atom. The monoisotopic (exact) mass is 382 g/mol. The first-order chi connectivity index (χ1) is 12.4. The molecule has 10 atom stereocenters. The lowest BCUT2D eigenvalue weighted by Crippen LogP contribution is -2.79. The molecule has 0 aliphatic heterocycles. The van der Waals surface area contributed by atoms with E-state index in [1.165, 1.54) is 0 Å². The highest BCUT2D eigenvalue weighted by Gasteiger charge is 2.78. The van der Waals surface area contributed by atoms with E-state index in [4.69, 9.17) is 0 Å². The first kappa shape index (κ1) is 19.8. The van der Waals surface area contributed by atoms with Crippen LogP contribution in [0.2, 0.25) is 0 Å². The van der Waals surface area contributed by atoms with Crippen LogP contribution in [0.1, 0.15) is 59.3 Å². The molecule has 0 bridgehead atoms.